The molecule has 1 aliphatic rings. The predicted molar refractivity (Wildman–Crippen MR) is 90.7 cm³/mol. The number of aliphatic hydroxyl groups is 1. The smallest absolute Gasteiger partial charge is 0.140 e. The maximum atomic E-state index is 12.9. The van der Waals surface area contributed by atoms with Crippen molar-refractivity contribution in [1.29, 1.82) is 0 Å². The van der Waals surface area contributed by atoms with Gasteiger partial charge in [-0.1, -0.05) is 24.0 Å². The second-order valence-corrected chi connectivity index (χ2v) is 5.82. The molecular formula is C20H20FNO. The maximum absolute atomic E-state index is 12.9. The Morgan fingerprint density at radius 1 is 0.913 bits per heavy atom. The molecule has 1 heterocycles. The lowest BCUT2D eigenvalue weighted by Crippen LogP contribution is -2.29. The van der Waals surface area contributed by atoms with Gasteiger partial charge < -0.3 is 10.0 Å². The fourth-order valence-electron chi connectivity index (χ4n) is 2.79. The molecule has 2 nitrogen and oxygen atoms in total. The van der Waals surface area contributed by atoms with Crippen molar-refractivity contribution in [3.63, 3.8) is 0 Å². The van der Waals surface area contributed by atoms with Crippen molar-refractivity contribution in [3.8, 4) is 11.8 Å². The van der Waals surface area contributed by atoms with Crippen LogP contribution in [0.1, 0.15) is 36.5 Å². The van der Waals surface area contributed by atoms with E-state index in [1.807, 2.05) is 12.1 Å². The van der Waals surface area contributed by atoms with Crippen molar-refractivity contribution in [2.75, 3.05) is 18.0 Å². The van der Waals surface area contributed by atoms with E-state index in [0.717, 1.165) is 18.7 Å². The summed E-state index contributed by atoms with van der Waals surface area (Å²) in [5.41, 5.74) is 2.70. The minimum atomic E-state index is -0.905. The number of halogens is 1. The standard InChI is InChI=1S/C20H20FNO/c21-18-9-7-17(8-10-18)20(23)13-6-16-4-11-19(12-5-16)22-14-2-1-3-15-22/h4-5,7-12,20,23H,1-3,14-15H2. The topological polar surface area (TPSA) is 23.5 Å². The molecule has 0 amide bonds. The van der Waals surface area contributed by atoms with Gasteiger partial charge in [-0.25, -0.2) is 4.39 Å². The summed E-state index contributed by atoms with van der Waals surface area (Å²) in [6, 6.07) is 13.9. The molecule has 1 aliphatic heterocycles. The summed E-state index contributed by atoms with van der Waals surface area (Å²) in [6.45, 7) is 2.24. The Balaban J connectivity index is 1.67. The van der Waals surface area contributed by atoms with E-state index in [0.29, 0.717) is 5.56 Å². The van der Waals surface area contributed by atoms with Crippen LogP contribution in [0.4, 0.5) is 10.1 Å². The van der Waals surface area contributed by atoms with Crippen molar-refractivity contribution < 1.29 is 9.50 Å². The number of hydrogen-bond acceptors (Lipinski definition) is 2. The van der Waals surface area contributed by atoms with Gasteiger partial charge in [0.05, 0.1) is 0 Å². The Hall–Kier alpha value is -2.31. The average molecular weight is 309 g/mol. The maximum Gasteiger partial charge on any atom is 0.140 e. The summed E-state index contributed by atoms with van der Waals surface area (Å²) >= 11 is 0. The van der Waals surface area contributed by atoms with E-state index in [2.05, 4.69) is 28.9 Å². The van der Waals surface area contributed by atoms with Crippen LogP contribution < -0.4 is 4.90 Å². The van der Waals surface area contributed by atoms with Crippen LogP contribution in [0.15, 0.2) is 48.5 Å². The lowest BCUT2D eigenvalue weighted by molar-refractivity contribution is 0.238. The molecule has 118 valence electrons. The van der Waals surface area contributed by atoms with Gasteiger partial charge in [-0.05, 0) is 61.2 Å². The van der Waals surface area contributed by atoms with Crippen molar-refractivity contribution in [2.45, 2.75) is 25.4 Å². The first-order valence-electron chi connectivity index (χ1n) is 8.02. The minimum absolute atomic E-state index is 0.317. The number of anilines is 1. The second kappa shape index (κ2) is 7.30. The van der Waals surface area contributed by atoms with Crippen LogP contribution in [0, 0.1) is 17.7 Å². The van der Waals surface area contributed by atoms with Gasteiger partial charge in [-0.15, -0.1) is 0 Å². The fourth-order valence-corrected chi connectivity index (χ4v) is 2.79. The second-order valence-electron chi connectivity index (χ2n) is 5.82. The Labute approximate surface area is 136 Å². The molecule has 1 atom stereocenters. The molecule has 23 heavy (non-hydrogen) atoms. The molecule has 0 aromatic heterocycles. The van der Waals surface area contributed by atoms with E-state index >= 15 is 0 Å². The highest BCUT2D eigenvalue weighted by atomic mass is 19.1. The quantitative estimate of drug-likeness (QED) is 0.851. The molecule has 1 N–H and O–H groups in total. The largest absolute Gasteiger partial charge is 0.376 e. The molecule has 2 aromatic carbocycles. The van der Waals surface area contributed by atoms with Gasteiger partial charge in [0, 0.05) is 24.3 Å². The third-order valence-corrected chi connectivity index (χ3v) is 4.13. The first-order valence-corrected chi connectivity index (χ1v) is 8.02. The van der Waals surface area contributed by atoms with Crippen LogP contribution in [0.2, 0.25) is 0 Å². The van der Waals surface area contributed by atoms with Crippen LogP contribution in [-0.4, -0.2) is 18.2 Å². The van der Waals surface area contributed by atoms with Gasteiger partial charge in [0.25, 0.3) is 0 Å². The first-order chi connectivity index (χ1) is 11.2. The number of piperidine rings is 1. The normalized spacial score (nSPS) is 15.7. The highest BCUT2D eigenvalue weighted by Crippen LogP contribution is 2.20. The van der Waals surface area contributed by atoms with Crippen LogP contribution in [0.5, 0.6) is 0 Å². The summed E-state index contributed by atoms with van der Waals surface area (Å²) in [7, 11) is 0. The molecular weight excluding hydrogens is 289 g/mol. The molecule has 0 saturated carbocycles. The van der Waals surface area contributed by atoms with Gasteiger partial charge in [-0.2, -0.15) is 0 Å². The zero-order valence-electron chi connectivity index (χ0n) is 13.0. The monoisotopic (exact) mass is 309 g/mol. The molecule has 0 radical (unpaired) electrons. The van der Waals surface area contributed by atoms with E-state index in [-0.39, 0.29) is 5.82 Å². The predicted octanol–water partition coefficient (Wildman–Crippen LogP) is 3.90. The lowest BCUT2D eigenvalue weighted by atomic mass is 10.1. The highest BCUT2D eigenvalue weighted by molar-refractivity contribution is 5.51. The number of aliphatic hydroxyl groups excluding tert-OH is 1. The SMILES string of the molecule is OC(C#Cc1ccc(N2CCCCC2)cc1)c1ccc(F)cc1. The molecule has 2 aromatic rings. The zero-order valence-corrected chi connectivity index (χ0v) is 13.0. The summed E-state index contributed by atoms with van der Waals surface area (Å²) in [5.74, 6) is 5.46. The fraction of sp³-hybridized carbons (Fsp3) is 0.300. The molecule has 1 unspecified atom stereocenters. The van der Waals surface area contributed by atoms with Crippen molar-refractivity contribution >= 4 is 5.69 Å². The Bertz CT molecular complexity index is 691. The summed E-state index contributed by atoms with van der Waals surface area (Å²) in [6.07, 6.45) is 2.93. The molecule has 3 rings (SSSR count). The van der Waals surface area contributed by atoms with E-state index in [1.54, 1.807) is 12.1 Å². The molecule has 1 saturated heterocycles. The van der Waals surface area contributed by atoms with Crippen molar-refractivity contribution in [1.82, 2.24) is 0 Å². The summed E-state index contributed by atoms with van der Waals surface area (Å²) < 4.78 is 12.9. The minimum Gasteiger partial charge on any atom is -0.376 e. The van der Waals surface area contributed by atoms with Crippen LogP contribution >= 0.6 is 0 Å². The number of nitrogens with zero attached hydrogens (tertiary/aromatic N) is 1. The zero-order chi connectivity index (χ0) is 16.1. The average Bonchev–Trinajstić information content (AvgIpc) is 2.61. The van der Waals surface area contributed by atoms with Crippen LogP contribution in [0.3, 0.4) is 0 Å². The lowest BCUT2D eigenvalue weighted by Gasteiger charge is -2.28. The number of hydrogen-bond donors (Lipinski definition) is 1. The number of rotatable bonds is 2. The van der Waals surface area contributed by atoms with E-state index < -0.39 is 6.10 Å². The third kappa shape index (κ3) is 4.12. The molecule has 0 aliphatic carbocycles. The Morgan fingerprint density at radius 3 is 2.22 bits per heavy atom. The molecule has 3 heteroatoms. The Kier molecular flexibility index (Phi) is 4.95. The molecule has 0 bridgehead atoms. The number of benzene rings is 2. The van der Waals surface area contributed by atoms with E-state index in [1.165, 1.54) is 37.1 Å². The third-order valence-electron chi connectivity index (χ3n) is 4.13. The van der Waals surface area contributed by atoms with Crippen molar-refractivity contribution in [2.24, 2.45) is 0 Å². The van der Waals surface area contributed by atoms with Crippen LogP contribution in [0.25, 0.3) is 0 Å². The summed E-state index contributed by atoms with van der Waals surface area (Å²) in [4.78, 5) is 2.40. The highest BCUT2D eigenvalue weighted by Gasteiger charge is 2.10. The molecule has 1 fully saturated rings. The van der Waals surface area contributed by atoms with Crippen molar-refractivity contribution in [3.05, 3.63) is 65.5 Å². The van der Waals surface area contributed by atoms with Gasteiger partial charge >= 0.3 is 0 Å². The summed E-state index contributed by atoms with van der Waals surface area (Å²) in [5, 5.41) is 10.0. The van der Waals surface area contributed by atoms with Gasteiger partial charge in [0.2, 0.25) is 0 Å². The Morgan fingerprint density at radius 2 is 1.57 bits per heavy atom. The van der Waals surface area contributed by atoms with E-state index in [4.69, 9.17) is 0 Å². The van der Waals surface area contributed by atoms with Gasteiger partial charge in [0.1, 0.15) is 11.9 Å². The van der Waals surface area contributed by atoms with Gasteiger partial charge in [0.15, 0.2) is 0 Å². The van der Waals surface area contributed by atoms with Crippen LogP contribution in [-0.2, 0) is 0 Å². The van der Waals surface area contributed by atoms with E-state index in [9.17, 15) is 9.50 Å². The molecule has 0 spiro atoms. The first kappa shape index (κ1) is 15.6. The van der Waals surface area contributed by atoms with Gasteiger partial charge in [-0.3, -0.25) is 0 Å².